The Balaban J connectivity index is 1.89. The fourth-order valence-corrected chi connectivity index (χ4v) is 4.13. The summed E-state index contributed by atoms with van der Waals surface area (Å²) in [4.78, 5) is 17.0. The quantitative estimate of drug-likeness (QED) is 0.802. The second-order valence-electron chi connectivity index (χ2n) is 7.81. The van der Waals surface area contributed by atoms with Gasteiger partial charge in [0.15, 0.2) is 0 Å². The number of carbonyl (C=O) groups excluding carboxylic acids is 1. The van der Waals surface area contributed by atoms with Crippen molar-refractivity contribution in [2.75, 3.05) is 31.1 Å². The van der Waals surface area contributed by atoms with Crippen LogP contribution >= 0.6 is 0 Å². The third-order valence-corrected chi connectivity index (χ3v) is 5.47. The Labute approximate surface area is 145 Å². The molecule has 4 heteroatoms. The first-order valence-corrected chi connectivity index (χ1v) is 8.96. The second-order valence-corrected chi connectivity index (χ2v) is 7.81. The topological polar surface area (TPSA) is 47.3 Å². The number of hydrogen-bond donors (Lipinski definition) is 0. The number of carbonyl (C=O) groups is 1. The first kappa shape index (κ1) is 17.0. The van der Waals surface area contributed by atoms with E-state index < -0.39 is 0 Å². The van der Waals surface area contributed by atoms with Crippen molar-refractivity contribution in [2.24, 2.45) is 5.92 Å². The van der Waals surface area contributed by atoms with Crippen LogP contribution in [0.15, 0.2) is 18.2 Å². The summed E-state index contributed by atoms with van der Waals surface area (Å²) < 4.78 is 0. The van der Waals surface area contributed by atoms with E-state index in [0.29, 0.717) is 18.9 Å². The molecule has 1 saturated heterocycles. The lowest BCUT2D eigenvalue weighted by atomic mass is 9.74. The van der Waals surface area contributed by atoms with Crippen LogP contribution in [0.3, 0.4) is 0 Å². The van der Waals surface area contributed by atoms with E-state index in [1.165, 1.54) is 11.1 Å². The number of benzene rings is 1. The van der Waals surface area contributed by atoms with E-state index in [9.17, 15) is 4.79 Å². The zero-order valence-electron chi connectivity index (χ0n) is 15.0. The Hall–Kier alpha value is -1.86. The van der Waals surface area contributed by atoms with Crippen molar-refractivity contribution >= 4 is 11.6 Å². The first-order chi connectivity index (χ1) is 11.4. The van der Waals surface area contributed by atoms with E-state index in [0.717, 1.165) is 38.2 Å². The fourth-order valence-electron chi connectivity index (χ4n) is 4.13. The number of anilines is 1. The Morgan fingerprint density at radius 2 is 2.04 bits per heavy atom. The number of hydrogen-bond acceptors (Lipinski definition) is 3. The van der Waals surface area contributed by atoms with E-state index in [1.54, 1.807) is 0 Å². The lowest BCUT2D eigenvalue weighted by Crippen LogP contribution is -2.46. The van der Waals surface area contributed by atoms with Gasteiger partial charge < -0.3 is 4.90 Å². The summed E-state index contributed by atoms with van der Waals surface area (Å²) in [5.41, 5.74) is 3.78. The van der Waals surface area contributed by atoms with E-state index in [4.69, 9.17) is 5.26 Å². The molecular weight excluding hydrogens is 298 g/mol. The molecule has 0 aliphatic carbocycles. The molecule has 1 aromatic rings. The molecule has 1 fully saturated rings. The summed E-state index contributed by atoms with van der Waals surface area (Å²) in [6.07, 6.45) is 2.65. The van der Waals surface area contributed by atoms with Crippen molar-refractivity contribution in [3.8, 4) is 6.07 Å². The van der Waals surface area contributed by atoms with Crippen LogP contribution in [0.2, 0.25) is 0 Å². The molecular formula is C20H27N3O. The monoisotopic (exact) mass is 325 g/mol. The third kappa shape index (κ3) is 3.06. The molecule has 0 aromatic heterocycles. The van der Waals surface area contributed by atoms with E-state index >= 15 is 0 Å². The fraction of sp³-hybridized carbons (Fsp3) is 0.600. The molecule has 2 aliphatic heterocycles. The highest BCUT2D eigenvalue weighted by molar-refractivity contribution is 5.96. The maximum atomic E-state index is 12.8. The van der Waals surface area contributed by atoms with E-state index in [-0.39, 0.29) is 11.3 Å². The van der Waals surface area contributed by atoms with Crippen LogP contribution in [0.25, 0.3) is 0 Å². The maximum Gasteiger partial charge on any atom is 0.227 e. The van der Waals surface area contributed by atoms with Gasteiger partial charge >= 0.3 is 0 Å². The molecule has 0 saturated carbocycles. The number of fused-ring (bicyclic) bond motifs is 2. The van der Waals surface area contributed by atoms with Gasteiger partial charge in [0.1, 0.15) is 0 Å². The summed E-state index contributed by atoms with van der Waals surface area (Å²) in [6, 6.07) is 8.76. The molecule has 4 nitrogen and oxygen atoms in total. The minimum Gasteiger partial charge on any atom is -0.311 e. The summed E-state index contributed by atoms with van der Waals surface area (Å²) in [5.74, 6) is 0.617. The highest BCUT2D eigenvalue weighted by atomic mass is 16.2. The summed E-state index contributed by atoms with van der Waals surface area (Å²) in [6.45, 7) is 9.50. The van der Waals surface area contributed by atoms with Gasteiger partial charge in [0.05, 0.1) is 12.6 Å². The average molecular weight is 325 g/mol. The normalized spacial score (nSPS) is 19.5. The van der Waals surface area contributed by atoms with Crippen LogP contribution in [0, 0.1) is 24.2 Å². The molecule has 0 N–H and O–H groups in total. The van der Waals surface area contributed by atoms with Crippen LogP contribution in [-0.4, -0.2) is 37.0 Å². The van der Waals surface area contributed by atoms with E-state index in [2.05, 4.69) is 49.9 Å². The molecule has 2 heterocycles. The first-order valence-electron chi connectivity index (χ1n) is 8.96. The summed E-state index contributed by atoms with van der Waals surface area (Å²) in [7, 11) is 0. The van der Waals surface area contributed by atoms with Crippen LogP contribution in [0.1, 0.15) is 44.2 Å². The summed E-state index contributed by atoms with van der Waals surface area (Å²) in [5, 5.41) is 8.92. The number of nitriles is 1. The molecule has 3 rings (SSSR count). The van der Waals surface area contributed by atoms with Gasteiger partial charge in [-0.2, -0.15) is 5.26 Å². The standard InChI is InChI=1S/C20H27N3O/c1-15(2)12-19(24)23-14-20(6-9-22(10-7-20)11-8-21)17-13-16(3)4-5-18(17)23/h4-5,13,15H,6-7,9-12,14H2,1-3H3. The summed E-state index contributed by atoms with van der Waals surface area (Å²) >= 11 is 0. The molecule has 0 bridgehead atoms. The van der Waals surface area contributed by atoms with Crippen molar-refractivity contribution in [2.45, 2.75) is 45.4 Å². The van der Waals surface area contributed by atoms with Gasteiger partial charge in [-0.05, 0) is 37.3 Å². The van der Waals surface area contributed by atoms with E-state index in [1.807, 2.05) is 4.90 Å². The third-order valence-electron chi connectivity index (χ3n) is 5.47. The predicted molar refractivity (Wildman–Crippen MR) is 96.0 cm³/mol. The molecule has 1 spiro atoms. The van der Waals surface area contributed by atoms with Crippen molar-refractivity contribution in [1.29, 1.82) is 5.26 Å². The Bertz CT molecular complexity index is 666. The van der Waals surface area contributed by atoms with Crippen LogP contribution in [0.5, 0.6) is 0 Å². The van der Waals surface area contributed by atoms with Gasteiger partial charge in [-0.25, -0.2) is 0 Å². The number of amides is 1. The van der Waals surface area contributed by atoms with Gasteiger partial charge in [0, 0.05) is 37.2 Å². The molecule has 0 atom stereocenters. The van der Waals surface area contributed by atoms with Crippen LogP contribution < -0.4 is 4.90 Å². The zero-order chi connectivity index (χ0) is 17.3. The predicted octanol–water partition coefficient (Wildman–Crippen LogP) is 3.24. The Morgan fingerprint density at radius 1 is 1.33 bits per heavy atom. The van der Waals surface area contributed by atoms with Gasteiger partial charge in [-0.1, -0.05) is 31.5 Å². The molecule has 2 aliphatic rings. The van der Waals surface area contributed by atoms with Crippen LogP contribution in [-0.2, 0) is 10.2 Å². The smallest absolute Gasteiger partial charge is 0.227 e. The van der Waals surface area contributed by atoms with Gasteiger partial charge in [0.2, 0.25) is 5.91 Å². The number of piperidine rings is 1. The molecule has 1 amide bonds. The van der Waals surface area contributed by atoms with Crippen molar-refractivity contribution < 1.29 is 4.79 Å². The van der Waals surface area contributed by atoms with Crippen molar-refractivity contribution in [3.05, 3.63) is 29.3 Å². The number of aryl methyl sites for hydroxylation is 1. The zero-order valence-corrected chi connectivity index (χ0v) is 15.0. The van der Waals surface area contributed by atoms with Crippen molar-refractivity contribution in [1.82, 2.24) is 4.90 Å². The molecule has 1 aromatic carbocycles. The van der Waals surface area contributed by atoms with Gasteiger partial charge in [-0.15, -0.1) is 0 Å². The lowest BCUT2D eigenvalue weighted by Gasteiger charge is -2.39. The lowest BCUT2D eigenvalue weighted by molar-refractivity contribution is -0.119. The molecule has 24 heavy (non-hydrogen) atoms. The van der Waals surface area contributed by atoms with Crippen molar-refractivity contribution in [3.63, 3.8) is 0 Å². The number of rotatable bonds is 3. The van der Waals surface area contributed by atoms with Gasteiger partial charge in [-0.3, -0.25) is 9.69 Å². The SMILES string of the molecule is Cc1ccc2c(c1)C1(CCN(CC#N)CC1)CN2C(=O)CC(C)C. The largest absolute Gasteiger partial charge is 0.311 e. The van der Waals surface area contributed by atoms with Gasteiger partial charge in [0.25, 0.3) is 0 Å². The molecule has 0 radical (unpaired) electrons. The number of likely N-dealkylation sites (tertiary alicyclic amines) is 1. The Kier molecular flexibility index (Phi) is 4.64. The minimum absolute atomic E-state index is 0.0694. The molecule has 0 unspecified atom stereocenters. The number of nitrogens with zero attached hydrogens (tertiary/aromatic N) is 3. The molecule has 128 valence electrons. The minimum atomic E-state index is 0.0694. The highest BCUT2D eigenvalue weighted by Gasteiger charge is 2.46. The van der Waals surface area contributed by atoms with Crippen LogP contribution in [0.4, 0.5) is 5.69 Å². The maximum absolute atomic E-state index is 12.8. The second kappa shape index (κ2) is 6.57. The Morgan fingerprint density at radius 3 is 2.67 bits per heavy atom. The highest BCUT2D eigenvalue weighted by Crippen LogP contribution is 2.47. The average Bonchev–Trinajstić information content (AvgIpc) is 2.84.